The molecule has 2 aliphatic carbocycles. The van der Waals surface area contributed by atoms with Crippen molar-refractivity contribution < 1.29 is 19.0 Å². The number of fused-ring (bicyclic) bond motifs is 1. The Morgan fingerprint density at radius 1 is 1.47 bits per heavy atom. The lowest BCUT2D eigenvalue weighted by atomic mass is 10.0. The second kappa shape index (κ2) is 3.71. The molecule has 2 N–H and O–H groups in total. The van der Waals surface area contributed by atoms with Crippen LogP contribution in [0.1, 0.15) is 21.7 Å². The molecule has 17 heavy (non-hydrogen) atoms. The molecule has 2 fully saturated rings. The van der Waals surface area contributed by atoms with E-state index in [4.69, 9.17) is 5.73 Å². The third-order valence-electron chi connectivity index (χ3n) is 3.13. The molecule has 0 aromatic carbocycles. The van der Waals surface area contributed by atoms with Crippen LogP contribution in [0.4, 0.5) is 17.6 Å². The first-order valence-corrected chi connectivity index (χ1v) is 5.51. The molecule has 2 aliphatic rings. The van der Waals surface area contributed by atoms with Gasteiger partial charge in [-0.3, -0.25) is 4.99 Å². The van der Waals surface area contributed by atoms with Crippen molar-refractivity contribution in [1.82, 2.24) is 0 Å². The molecule has 0 spiro atoms. The van der Waals surface area contributed by atoms with Gasteiger partial charge in [0.15, 0.2) is 0 Å². The molecule has 2 rings (SSSR count). The molecular formula is C11H16F4N2. The molecule has 2 saturated carbocycles. The Hall–Kier alpha value is -1.07. The van der Waals surface area contributed by atoms with E-state index in [1.165, 1.54) is 0 Å². The van der Waals surface area contributed by atoms with Gasteiger partial charge in [0, 0.05) is 19.0 Å². The van der Waals surface area contributed by atoms with E-state index in [9.17, 15) is 17.6 Å². The number of alkyl halides is 4. The van der Waals surface area contributed by atoms with Crippen LogP contribution in [0.2, 0.25) is 0 Å². The van der Waals surface area contributed by atoms with Gasteiger partial charge < -0.3 is 5.73 Å². The summed E-state index contributed by atoms with van der Waals surface area (Å²) in [6.07, 6.45) is -2.68. The van der Waals surface area contributed by atoms with Crippen molar-refractivity contribution in [3.8, 4) is 0 Å². The van der Waals surface area contributed by atoms with Crippen LogP contribution in [-0.2, 0) is 0 Å². The van der Waals surface area contributed by atoms with Crippen molar-refractivity contribution in [2.75, 3.05) is 0 Å². The van der Waals surface area contributed by atoms with Crippen LogP contribution in [0.3, 0.4) is 0 Å². The summed E-state index contributed by atoms with van der Waals surface area (Å²) in [6.45, 7) is 3.26. The van der Waals surface area contributed by atoms with Gasteiger partial charge in [-0.2, -0.15) is 8.78 Å². The van der Waals surface area contributed by atoms with Crippen LogP contribution in [-0.4, -0.2) is 24.1 Å². The lowest BCUT2D eigenvalue weighted by molar-refractivity contribution is 0.0575. The van der Waals surface area contributed by atoms with E-state index in [1.54, 1.807) is 13.8 Å². The molecule has 2 nitrogen and oxygen atoms in total. The summed E-state index contributed by atoms with van der Waals surface area (Å²) in [5, 5.41) is 0. The van der Waals surface area contributed by atoms with Gasteiger partial charge in [-0.15, -0.1) is 0 Å². The van der Waals surface area contributed by atoms with E-state index in [2.05, 4.69) is 4.99 Å². The van der Waals surface area contributed by atoms with Crippen LogP contribution in [0.15, 0.2) is 16.3 Å². The lowest BCUT2D eigenvalue weighted by Crippen LogP contribution is -2.30. The molecule has 1 unspecified atom stereocenters. The number of hydrogen-bond acceptors (Lipinski definition) is 2. The SMILES string of the molecule is CC(C)N=C1/C(=C(\N)C(F)F)[C@H]2CC2C1(F)F.[HH]. The zero-order valence-electron chi connectivity index (χ0n) is 9.55. The number of hydrogen-bond donors (Lipinski definition) is 1. The molecule has 0 aromatic heterocycles. The van der Waals surface area contributed by atoms with E-state index in [-0.39, 0.29) is 19.5 Å². The predicted molar refractivity (Wildman–Crippen MR) is 58.4 cm³/mol. The smallest absolute Gasteiger partial charge is 0.292 e. The van der Waals surface area contributed by atoms with Gasteiger partial charge in [0.05, 0.1) is 5.70 Å². The Bertz CT molecular complexity index is 404. The van der Waals surface area contributed by atoms with Crippen LogP contribution >= 0.6 is 0 Å². The van der Waals surface area contributed by atoms with E-state index in [0.29, 0.717) is 0 Å². The van der Waals surface area contributed by atoms with Crippen molar-refractivity contribution in [3.05, 3.63) is 11.3 Å². The third-order valence-corrected chi connectivity index (χ3v) is 3.13. The predicted octanol–water partition coefficient (Wildman–Crippen LogP) is 2.84. The number of allylic oxidation sites excluding steroid dienone is 2. The largest absolute Gasteiger partial charge is 0.397 e. The van der Waals surface area contributed by atoms with E-state index < -0.39 is 35.6 Å². The highest BCUT2D eigenvalue weighted by atomic mass is 19.3. The molecule has 0 amide bonds. The normalized spacial score (nSPS) is 35.6. The highest BCUT2D eigenvalue weighted by Gasteiger charge is 2.67. The van der Waals surface area contributed by atoms with Crippen LogP contribution in [0, 0.1) is 11.8 Å². The van der Waals surface area contributed by atoms with Crippen LogP contribution in [0.5, 0.6) is 0 Å². The van der Waals surface area contributed by atoms with Gasteiger partial charge in [-0.1, -0.05) is 0 Å². The minimum absolute atomic E-state index is 0. The molecule has 0 aromatic rings. The Labute approximate surface area is 98.1 Å². The zero-order valence-corrected chi connectivity index (χ0v) is 9.55. The standard InChI is InChI=1S/C11H14F4N2.H2/c1-4(2)17-9-7(8(16)10(12)13)5-3-6(5)11(9,14)15;/h4-6,10H,3,16H2,1-2H3;1H/b8-7-,17-9?;/t5-,6?;/m0./s1. The Kier molecular flexibility index (Phi) is 2.71. The van der Waals surface area contributed by atoms with Gasteiger partial charge in [0.2, 0.25) is 0 Å². The number of nitrogens with zero attached hydrogens (tertiary/aromatic N) is 1. The minimum Gasteiger partial charge on any atom is -0.397 e. The van der Waals surface area contributed by atoms with Crippen LogP contribution in [0.25, 0.3) is 0 Å². The quantitative estimate of drug-likeness (QED) is 0.754. The number of nitrogens with two attached hydrogens (primary N) is 1. The molecule has 0 saturated heterocycles. The molecule has 2 atom stereocenters. The number of aliphatic imine (C=N–C) groups is 1. The van der Waals surface area contributed by atoms with Gasteiger partial charge in [-0.05, 0) is 26.2 Å². The fraction of sp³-hybridized carbons (Fsp3) is 0.727. The summed E-state index contributed by atoms with van der Waals surface area (Å²) in [6, 6.07) is -0.367. The fourth-order valence-corrected chi connectivity index (χ4v) is 2.33. The topological polar surface area (TPSA) is 38.4 Å². The summed E-state index contributed by atoms with van der Waals surface area (Å²) in [5.74, 6) is -4.52. The zero-order chi connectivity index (χ0) is 13.0. The maximum atomic E-state index is 13.8. The van der Waals surface area contributed by atoms with Crippen molar-refractivity contribution in [1.29, 1.82) is 0 Å². The molecule has 0 aliphatic heterocycles. The molecule has 0 radical (unpaired) electrons. The average Bonchev–Trinajstić information content (AvgIpc) is 2.92. The molecule has 6 heteroatoms. The summed E-state index contributed by atoms with van der Waals surface area (Å²) in [5.41, 5.74) is 3.87. The molecule has 0 heterocycles. The van der Waals surface area contributed by atoms with Gasteiger partial charge in [0.25, 0.3) is 12.3 Å². The van der Waals surface area contributed by atoms with Crippen LogP contribution < -0.4 is 5.73 Å². The number of rotatable bonds is 2. The van der Waals surface area contributed by atoms with Gasteiger partial charge >= 0.3 is 0 Å². The Morgan fingerprint density at radius 3 is 2.53 bits per heavy atom. The summed E-state index contributed by atoms with van der Waals surface area (Å²) in [7, 11) is 0. The summed E-state index contributed by atoms with van der Waals surface area (Å²) < 4.78 is 52.7. The maximum absolute atomic E-state index is 13.8. The Balaban J connectivity index is 0.00000162. The van der Waals surface area contributed by atoms with Crippen molar-refractivity contribution in [2.24, 2.45) is 22.6 Å². The first kappa shape index (κ1) is 12.4. The summed E-state index contributed by atoms with van der Waals surface area (Å²) >= 11 is 0. The van der Waals surface area contributed by atoms with Crippen molar-refractivity contribution in [3.63, 3.8) is 0 Å². The van der Waals surface area contributed by atoms with Gasteiger partial charge in [0.1, 0.15) is 5.71 Å². The molecule has 98 valence electrons. The van der Waals surface area contributed by atoms with Gasteiger partial charge in [-0.25, -0.2) is 8.78 Å². The lowest BCUT2D eigenvalue weighted by Gasteiger charge is -2.17. The first-order chi connectivity index (χ1) is 7.76. The summed E-state index contributed by atoms with van der Waals surface area (Å²) in [4.78, 5) is 3.79. The first-order valence-electron chi connectivity index (χ1n) is 5.51. The van der Waals surface area contributed by atoms with E-state index >= 15 is 0 Å². The third kappa shape index (κ3) is 1.83. The second-order valence-electron chi connectivity index (χ2n) is 4.81. The van der Waals surface area contributed by atoms with E-state index in [1.807, 2.05) is 0 Å². The van der Waals surface area contributed by atoms with E-state index in [0.717, 1.165) is 0 Å². The van der Waals surface area contributed by atoms with Crippen molar-refractivity contribution in [2.45, 2.75) is 38.7 Å². The highest BCUT2D eigenvalue weighted by molar-refractivity contribution is 6.10. The average molecular weight is 252 g/mol. The number of halogens is 4. The Morgan fingerprint density at radius 2 is 2.06 bits per heavy atom. The monoisotopic (exact) mass is 252 g/mol. The minimum atomic E-state index is -3.11. The second-order valence-corrected chi connectivity index (χ2v) is 4.81. The van der Waals surface area contributed by atoms with Crippen molar-refractivity contribution >= 4 is 5.71 Å². The highest BCUT2D eigenvalue weighted by Crippen LogP contribution is 2.61. The molecule has 0 bridgehead atoms. The maximum Gasteiger partial charge on any atom is 0.292 e. The molecular weight excluding hydrogens is 236 g/mol. The fourth-order valence-electron chi connectivity index (χ4n) is 2.33.